The van der Waals surface area contributed by atoms with E-state index in [-0.39, 0.29) is 12.1 Å². The number of aliphatic hydroxyl groups excluding tert-OH is 1. The molecule has 0 aromatic heterocycles. The van der Waals surface area contributed by atoms with Gasteiger partial charge in [0.15, 0.2) is 0 Å². The van der Waals surface area contributed by atoms with Crippen molar-refractivity contribution >= 4 is 11.8 Å². The second kappa shape index (κ2) is 6.48. The van der Waals surface area contributed by atoms with Gasteiger partial charge in [-0.25, -0.2) is 0 Å². The van der Waals surface area contributed by atoms with Crippen LogP contribution in [-0.2, 0) is 0 Å². The van der Waals surface area contributed by atoms with Crippen molar-refractivity contribution in [3.8, 4) is 6.07 Å². The van der Waals surface area contributed by atoms with E-state index in [4.69, 9.17) is 5.11 Å². The quantitative estimate of drug-likeness (QED) is 0.637. The molecule has 1 aliphatic carbocycles. The molecule has 0 aromatic carbocycles. The highest BCUT2D eigenvalue weighted by Gasteiger charge is 2.45. The Bertz CT molecular complexity index is 248. The number of hydrogen-bond acceptors (Lipinski definition) is 4. The molecule has 0 radical (unpaired) electrons. The van der Waals surface area contributed by atoms with Crippen molar-refractivity contribution < 1.29 is 5.11 Å². The van der Waals surface area contributed by atoms with Crippen LogP contribution in [0.25, 0.3) is 0 Å². The fourth-order valence-electron chi connectivity index (χ4n) is 1.92. The lowest BCUT2D eigenvalue weighted by molar-refractivity contribution is 0.296. The Balaban J connectivity index is 2.46. The normalized spacial score (nSPS) is 19.4. The molecular formula is C12H22N2OS. The van der Waals surface area contributed by atoms with Gasteiger partial charge in [-0.1, -0.05) is 0 Å². The van der Waals surface area contributed by atoms with E-state index in [9.17, 15) is 5.26 Å². The average molecular weight is 242 g/mol. The summed E-state index contributed by atoms with van der Waals surface area (Å²) in [6.07, 6.45) is 3.17. The number of nitrogens with zero attached hydrogens (tertiary/aromatic N) is 1. The van der Waals surface area contributed by atoms with Crippen LogP contribution in [0.1, 0.15) is 33.1 Å². The summed E-state index contributed by atoms with van der Waals surface area (Å²) in [6.45, 7) is 4.42. The molecule has 2 N–H and O–H groups in total. The Morgan fingerprint density at radius 2 is 2.25 bits per heavy atom. The van der Waals surface area contributed by atoms with Crippen molar-refractivity contribution in [2.45, 2.75) is 44.7 Å². The molecule has 0 saturated heterocycles. The number of nitrogens with one attached hydrogen (secondary N) is 1. The van der Waals surface area contributed by atoms with Crippen LogP contribution in [0.3, 0.4) is 0 Å². The summed E-state index contributed by atoms with van der Waals surface area (Å²) in [5.74, 6) is 2.31. The molecule has 1 atom stereocenters. The summed E-state index contributed by atoms with van der Waals surface area (Å²) >= 11 is 1.77. The standard InChI is InChI=1S/C12H22N2OS/c1-10(2)14-12(8-13,11-4-5-11)9-16-7-3-6-15/h10-11,14-15H,3-7,9H2,1-2H3. The minimum Gasteiger partial charge on any atom is -0.396 e. The van der Waals surface area contributed by atoms with E-state index in [1.165, 1.54) is 12.8 Å². The lowest BCUT2D eigenvalue weighted by atomic mass is 9.96. The molecule has 1 unspecified atom stereocenters. The molecule has 1 saturated carbocycles. The molecular weight excluding hydrogens is 220 g/mol. The summed E-state index contributed by atoms with van der Waals surface area (Å²) < 4.78 is 0. The highest BCUT2D eigenvalue weighted by molar-refractivity contribution is 7.99. The van der Waals surface area contributed by atoms with E-state index in [0.29, 0.717) is 12.0 Å². The lowest BCUT2D eigenvalue weighted by Crippen LogP contribution is -2.51. The predicted octanol–water partition coefficient (Wildman–Crippen LogP) is 1.77. The third-order valence-electron chi connectivity index (χ3n) is 2.80. The summed E-state index contributed by atoms with van der Waals surface area (Å²) in [5, 5.41) is 21.6. The third kappa shape index (κ3) is 3.97. The molecule has 0 amide bonds. The Labute approximate surface area is 103 Å². The van der Waals surface area contributed by atoms with Gasteiger partial charge in [-0.05, 0) is 44.8 Å². The van der Waals surface area contributed by atoms with Crippen molar-refractivity contribution in [1.29, 1.82) is 5.26 Å². The smallest absolute Gasteiger partial charge is 0.118 e. The molecule has 0 bridgehead atoms. The molecule has 1 rings (SSSR count). The molecule has 0 aliphatic heterocycles. The van der Waals surface area contributed by atoms with Gasteiger partial charge in [0.1, 0.15) is 5.54 Å². The second-order valence-corrected chi connectivity index (χ2v) is 5.89. The molecule has 3 nitrogen and oxygen atoms in total. The van der Waals surface area contributed by atoms with Crippen molar-refractivity contribution in [2.75, 3.05) is 18.1 Å². The maximum atomic E-state index is 9.42. The van der Waals surface area contributed by atoms with Gasteiger partial charge in [0.25, 0.3) is 0 Å². The van der Waals surface area contributed by atoms with Crippen molar-refractivity contribution in [3.05, 3.63) is 0 Å². The maximum Gasteiger partial charge on any atom is 0.118 e. The van der Waals surface area contributed by atoms with E-state index in [0.717, 1.165) is 17.9 Å². The second-order valence-electron chi connectivity index (χ2n) is 4.79. The van der Waals surface area contributed by atoms with Crippen LogP contribution in [0.15, 0.2) is 0 Å². The Morgan fingerprint density at radius 3 is 2.69 bits per heavy atom. The van der Waals surface area contributed by atoms with Crippen LogP contribution in [0, 0.1) is 17.2 Å². The fraction of sp³-hybridized carbons (Fsp3) is 0.917. The van der Waals surface area contributed by atoms with Crippen molar-refractivity contribution in [2.24, 2.45) is 5.92 Å². The zero-order valence-electron chi connectivity index (χ0n) is 10.2. The predicted molar refractivity (Wildman–Crippen MR) is 68.4 cm³/mol. The Morgan fingerprint density at radius 1 is 1.56 bits per heavy atom. The van der Waals surface area contributed by atoms with Crippen molar-refractivity contribution in [3.63, 3.8) is 0 Å². The number of rotatable bonds is 8. The number of hydrogen-bond donors (Lipinski definition) is 2. The average Bonchev–Trinajstić information content (AvgIpc) is 3.06. The van der Waals surface area contributed by atoms with Crippen LogP contribution in [0.5, 0.6) is 0 Å². The summed E-state index contributed by atoms with van der Waals surface area (Å²) in [7, 11) is 0. The molecule has 0 heterocycles. The monoisotopic (exact) mass is 242 g/mol. The first kappa shape index (κ1) is 13.8. The first-order chi connectivity index (χ1) is 7.64. The highest BCUT2D eigenvalue weighted by Crippen LogP contribution is 2.41. The van der Waals surface area contributed by atoms with E-state index in [2.05, 4.69) is 25.2 Å². The number of nitriles is 1. The lowest BCUT2D eigenvalue weighted by Gasteiger charge is -2.30. The largest absolute Gasteiger partial charge is 0.396 e. The Kier molecular flexibility index (Phi) is 5.60. The molecule has 0 aromatic rings. The maximum absolute atomic E-state index is 9.42. The zero-order chi connectivity index (χ0) is 12.0. The van der Waals surface area contributed by atoms with E-state index in [1.54, 1.807) is 11.8 Å². The molecule has 1 aliphatic rings. The first-order valence-electron chi connectivity index (χ1n) is 6.02. The van der Waals surface area contributed by atoms with Gasteiger partial charge in [-0.3, -0.25) is 5.32 Å². The minimum absolute atomic E-state index is 0.244. The summed E-state index contributed by atoms with van der Waals surface area (Å²) in [4.78, 5) is 0. The molecule has 16 heavy (non-hydrogen) atoms. The summed E-state index contributed by atoms with van der Waals surface area (Å²) in [6, 6.07) is 2.84. The third-order valence-corrected chi connectivity index (χ3v) is 4.03. The van der Waals surface area contributed by atoms with E-state index >= 15 is 0 Å². The SMILES string of the molecule is CC(C)NC(C#N)(CSCCCO)C1CC1. The Hall–Kier alpha value is -0.240. The molecule has 1 fully saturated rings. The van der Waals surface area contributed by atoms with Crippen LogP contribution < -0.4 is 5.32 Å². The summed E-state index contributed by atoms with van der Waals surface area (Å²) in [5.41, 5.74) is -0.339. The van der Waals surface area contributed by atoms with Crippen LogP contribution >= 0.6 is 11.8 Å². The topological polar surface area (TPSA) is 56.0 Å². The van der Waals surface area contributed by atoms with E-state index in [1.807, 2.05) is 0 Å². The fourth-order valence-corrected chi connectivity index (χ4v) is 3.11. The van der Waals surface area contributed by atoms with E-state index < -0.39 is 0 Å². The van der Waals surface area contributed by atoms with Gasteiger partial charge < -0.3 is 5.11 Å². The first-order valence-corrected chi connectivity index (χ1v) is 7.17. The highest BCUT2D eigenvalue weighted by atomic mass is 32.2. The van der Waals surface area contributed by atoms with Gasteiger partial charge in [-0.2, -0.15) is 17.0 Å². The number of aliphatic hydroxyl groups is 1. The minimum atomic E-state index is -0.339. The van der Waals surface area contributed by atoms with Gasteiger partial charge in [0.05, 0.1) is 6.07 Å². The van der Waals surface area contributed by atoms with Gasteiger partial charge in [-0.15, -0.1) is 0 Å². The molecule has 92 valence electrons. The molecule has 0 spiro atoms. The number of thioether (sulfide) groups is 1. The van der Waals surface area contributed by atoms with Gasteiger partial charge >= 0.3 is 0 Å². The zero-order valence-corrected chi connectivity index (χ0v) is 11.0. The van der Waals surface area contributed by atoms with Gasteiger partial charge in [0.2, 0.25) is 0 Å². The van der Waals surface area contributed by atoms with Crippen LogP contribution in [-0.4, -0.2) is 34.8 Å². The van der Waals surface area contributed by atoms with Crippen LogP contribution in [0.2, 0.25) is 0 Å². The van der Waals surface area contributed by atoms with Crippen LogP contribution in [0.4, 0.5) is 0 Å². The van der Waals surface area contributed by atoms with Gasteiger partial charge in [0, 0.05) is 18.4 Å². The van der Waals surface area contributed by atoms with Crippen molar-refractivity contribution in [1.82, 2.24) is 5.32 Å². The molecule has 4 heteroatoms.